The average molecular weight is 1330 g/mol. The van der Waals surface area contributed by atoms with Crippen LogP contribution in [0.4, 0.5) is 0 Å². The summed E-state index contributed by atoms with van der Waals surface area (Å²) in [4.78, 5) is 168. The van der Waals surface area contributed by atoms with Crippen LogP contribution >= 0.6 is 21.6 Å². The molecule has 0 spiro atoms. The third kappa shape index (κ3) is 24.1. The molecule has 34 nitrogen and oxygen atoms in total. The molecular weight excluding hydrogens is 1250 g/mol. The van der Waals surface area contributed by atoms with Gasteiger partial charge in [0.25, 0.3) is 0 Å². The number of guanidine groups is 1. The Morgan fingerprint density at radius 2 is 1.32 bits per heavy atom. The highest BCUT2D eigenvalue weighted by Gasteiger charge is 2.45. The summed E-state index contributed by atoms with van der Waals surface area (Å²) in [5.41, 5.74) is 34.5. The minimum Gasteiger partial charge on any atom is -0.427 e. The van der Waals surface area contributed by atoms with E-state index in [0.29, 0.717) is 11.1 Å². The molecular formula is C56H81N15O19S2. The fourth-order valence-electron chi connectivity index (χ4n) is 9.66. The number of amides is 11. The molecule has 92 heavy (non-hydrogen) atoms. The highest BCUT2D eigenvalue weighted by Crippen LogP contribution is 2.27. The number of hydrogen-bond donors (Lipinski definition) is 17. The zero-order valence-corrected chi connectivity index (χ0v) is 51.7. The summed E-state index contributed by atoms with van der Waals surface area (Å²) in [6, 6.07) is 2.10. The van der Waals surface area contributed by atoms with Crippen molar-refractivity contribution in [2.24, 2.45) is 39.4 Å². The summed E-state index contributed by atoms with van der Waals surface area (Å²) < 4.78 is 16.2. The van der Waals surface area contributed by atoms with Crippen molar-refractivity contribution in [1.82, 2.24) is 42.1 Å². The summed E-state index contributed by atoms with van der Waals surface area (Å²) in [5, 5.41) is 57.4. The molecule has 5 rings (SSSR count). The minimum atomic E-state index is -1.84. The largest absolute Gasteiger partial charge is 0.427 e. The van der Waals surface area contributed by atoms with E-state index < -0.39 is 182 Å². The fraction of sp³-hybridized carbons (Fsp3) is 0.554. The minimum absolute atomic E-state index is 0.0263. The second-order valence-corrected chi connectivity index (χ2v) is 24.3. The number of nitrogens with two attached hydrogens (primary N) is 6. The van der Waals surface area contributed by atoms with Crippen LogP contribution in [0.1, 0.15) is 68.9 Å². The molecule has 3 aliphatic heterocycles. The number of hydrogen-bond acceptors (Lipinski definition) is 23. The number of aliphatic hydroxyl groups is 4. The van der Waals surface area contributed by atoms with E-state index >= 15 is 0 Å². The summed E-state index contributed by atoms with van der Waals surface area (Å²) in [7, 11) is 1.91. The second kappa shape index (κ2) is 37.3. The van der Waals surface area contributed by atoms with E-state index in [9.17, 15) is 78.0 Å². The van der Waals surface area contributed by atoms with Crippen molar-refractivity contribution in [1.29, 1.82) is 0 Å². The third-order valence-corrected chi connectivity index (χ3v) is 17.0. The molecule has 3 fully saturated rings. The Hall–Kier alpha value is -8.23. The van der Waals surface area contributed by atoms with Gasteiger partial charge >= 0.3 is 5.97 Å². The van der Waals surface area contributed by atoms with Crippen LogP contribution in [0.3, 0.4) is 0 Å². The van der Waals surface area contributed by atoms with E-state index in [1.54, 1.807) is 30.3 Å². The van der Waals surface area contributed by atoms with Crippen molar-refractivity contribution < 1.29 is 92.2 Å². The Kier molecular flexibility index (Phi) is 30.2. The molecule has 23 N–H and O–H groups in total. The molecule has 2 aromatic rings. The molecule has 11 amide bonds. The highest BCUT2D eigenvalue weighted by atomic mass is 33.1. The summed E-state index contributed by atoms with van der Waals surface area (Å²) in [5.74, 6) is -11.7. The van der Waals surface area contributed by atoms with Crippen LogP contribution in [0.15, 0.2) is 59.6 Å². The summed E-state index contributed by atoms with van der Waals surface area (Å²) in [6.07, 6.45) is -9.45. The standard InChI is InChI=1S/C56H81N15O19S2/c57-31-26-91-92-27-37(54(87)71-19-5-10-38(71)53(86)66-32(9-4-18-63-56(61)62)48(81)64-24-42(60)75)70-52(85)36(23-41(59)74)69-49(82)33(16-17-40(58)73)65-50(83)35(21-28-7-2-1-3-8-28)68-51(84)34(67-47(31)80)22-29-12-14-30(15-13-29)89-43(76)11-6-20-88-55-46(79)45(78)44(77)39(25-72)90-55/h1-3,7-8,12-15,31-39,44-46,55,72,77-79H,4-6,9-11,16-27,57H2,(H2,58,73)(H2,59,74)(H2,60,75)(H,64,81)(H,65,83)(H,66,86)(H,67,80)(H,68,84)(H,69,82)(H,70,85)(H4,61,62,63)/t31-,32-,33-,34-,35-,36-,37-,38-,39+,44-,45-,46+,55+/m0/s1. The van der Waals surface area contributed by atoms with Crippen LogP contribution in [0.2, 0.25) is 0 Å². The molecule has 0 bridgehead atoms. The first-order valence-electron chi connectivity index (χ1n) is 29.3. The predicted octanol–water partition coefficient (Wildman–Crippen LogP) is -7.61. The quantitative estimate of drug-likeness (QED) is 0.0104. The molecule has 3 saturated heterocycles. The maximum atomic E-state index is 14.7. The lowest BCUT2D eigenvalue weighted by Gasteiger charge is -2.39. The fourth-order valence-corrected chi connectivity index (χ4v) is 11.9. The SMILES string of the molecule is NC(=O)CC[C@@H]1NC(=O)[C@H](Cc2ccccc2)NC(=O)[C@H](Cc2ccc(OC(=O)CCCO[C@@H]3O[C@H](CO)[C@H](O)[C@H](O)[C@H]3O)cc2)NC(=O)[C@@H](N)CSSC[C@@H](C(=O)N2CCC[C@H]2C(=O)N[C@@H](CCCN=C(N)N)C(=O)NCC(N)=O)NC(=O)[C@H](CC(N)=O)NC1=O. The zero-order chi connectivity index (χ0) is 67.6. The van der Waals surface area contributed by atoms with Crippen LogP contribution in [-0.2, 0) is 79.8 Å². The first-order chi connectivity index (χ1) is 43.7. The van der Waals surface area contributed by atoms with Gasteiger partial charge in [0.05, 0.1) is 32.2 Å². The predicted molar refractivity (Wildman–Crippen MR) is 328 cm³/mol. The van der Waals surface area contributed by atoms with E-state index in [1.165, 1.54) is 24.3 Å². The van der Waals surface area contributed by atoms with Crippen LogP contribution in [0.5, 0.6) is 5.75 Å². The Morgan fingerprint density at radius 1 is 0.707 bits per heavy atom. The smallest absolute Gasteiger partial charge is 0.311 e. The number of nitrogens with zero attached hydrogens (tertiary/aromatic N) is 2. The van der Waals surface area contributed by atoms with E-state index in [1.807, 2.05) is 0 Å². The number of esters is 1. The number of rotatable bonds is 26. The van der Waals surface area contributed by atoms with Crippen molar-refractivity contribution in [3.8, 4) is 5.75 Å². The lowest BCUT2D eigenvalue weighted by Crippen LogP contribution is -2.61. The topological polar surface area (TPSA) is 569 Å². The number of likely N-dealkylation sites (tertiary alicyclic amines) is 1. The molecule has 3 heterocycles. The van der Waals surface area contributed by atoms with Gasteiger partial charge < -0.3 is 111 Å². The van der Waals surface area contributed by atoms with Gasteiger partial charge in [-0.2, -0.15) is 0 Å². The van der Waals surface area contributed by atoms with Crippen molar-refractivity contribution in [2.45, 2.75) is 150 Å². The van der Waals surface area contributed by atoms with E-state index in [4.69, 9.17) is 48.6 Å². The molecule has 0 aromatic heterocycles. The van der Waals surface area contributed by atoms with Crippen molar-refractivity contribution in [3.05, 3.63) is 65.7 Å². The summed E-state index contributed by atoms with van der Waals surface area (Å²) >= 11 is 0. The van der Waals surface area contributed by atoms with E-state index in [2.05, 4.69) is 42.2 Å². The Bertz CT molecular complexity index is 2930. The first kappa shape index (κ1) is 74.5. The number of aliphatic imine (C=N–C) groups is 1. The van der Waals surface area contributed by atoms with Gasteiger partial charge in [-0.05, 0) is 61.8 Å². The number of primary amides is 3. The van der Waals surface area contributed by atoms with Crippen LogP contribution < -0.4 is 76.4 Å². The third-order valence-electron chi connectivity index (χ3n) is 14.5. The first-order valence-corrected chi connectivity index (χ1v) is 31.8. The van der Waals surface area contributed by atoms with Gasteiger partial charge in [0, 0.05) is 50.3 Å². The number of benzene rings is 2. The molecule has 36 heteroatoms. The molecule has 13 atom stereocenters. The van der Waals surface area contributed by atoms with Crippen LogP contribution in [0.25, 0.3) is 0 Å². The lowest BCUT2D eigenvalue weighted by atomic mass is 9.99. The summed E-state index contributed by atoms with van der Waals surface area (Å²) in [6.45, 7) is -1.35. The number of ether oxygens (including phenoxy) is 3. The van der Waals surface area contributed by atoms with Crippen molar-refractivity contribution in [3.63, 3.8) is 0 Å². The van der Waals surface area contributed by atoms with Gasteiger partial charge in [0.2, 0.25) is 65.0 Å². The Labute approximate surface area is 535 Å². The Balaban J connectivity index is 1.41. The maximum Gasteiger partial charge on any atom is 0.311 e. The van der Waals surface area contributed by atoms with E-state index in [-0.39, 0.29) is 94.3 Å². The van der Waals surface area contributed by atoms with Gasteiger partial charge in [-0.25, -0.2) is 0 Å². The van der Waals surface area contributed by atoms with Gasteiger partial charge in [-0.1, -0.05) is 64.1 Å². The van der Waals surface area contributed by atoms with Crippen LogP contribution in [-0.4, -0.2) is 226 Å². The average Bonchev–Trinajstić information content (AvgIpc) is 1.49. The lowest BCUT2D eigenvalue weighted by molar-refractivity contribution is -0.301. The Morgan fingerprint density at radius 3 is 1.95 bits per heavy atom. The highest BCUT2D eigenvalue weighted by molar-refractivity contribution is 8.76. The second-order valence-electron chi connectivity index (χ2n) is 21.7. The van der Waals surface area contributed by atoms with Crippen molar-refractivity contribution >= 4 is 98.5 Å². The van der Waals surface area contributed by atoms with Crippen LogP contribution in [0, 0.1) is 0 Å². The molecule has 2 aromatic carbocycles. The van der Waals surface area contributed by atoms with Gasteiger partial charge in [0.15, 0.2) is 12.2 Å². The molecule has 0 aliphatic carbocycles. The molecule has 506 valence electrons. The van der Waals surface area contributed by atoms with Gasteiger partial charge in [-0.3, -0.25) is 62.5 Å². The van der Waals surface area contributed by atoms with E-state index in [0.717, 1.165) is 26.5 Å². The molecule has 0 unspecified atom stereocenters. The molecule has 0 radical (unpaired) electrons. The normalized spacial score (nSPS) is 25.6. The number of nitrogens with one attached hydrogen (secondary N) is 7. The van der Waals surface area contributed by atoms with Gasteiger partial charge in [-0.15, -0.1) is 0 Å². The number of carbonyl (C=O) groups excluding carboxylic acids is 12. The maximum absolute atomic E-state index is 14.7. The zero-order valence-electron chi connectivity index (χ0n) is 50.0. The number of aliphatic hydroxyl groups excluding tert-OH is 4. The van der Waals surface area contributed by atoms with Gasteiger partial charge in [0.1, 0.15) is 72.5 Å². The van der Waals surface area contributed by atoms with Crippen molar-refractivity contribution in [2.75, 3.05) is 44.4 Å². The molecule has 3 aliphatic rings. The molecule has 0 saturated carbocycles. The number of carbonyl (C=O) groups is 12. The monoisotopic (exact) mass is 1330 g/mol.